The molecule has 30 heavy (non-hydrogen) atoms. The van der Waals surface area contributed by atoms with Crippen molar-refractivity contribution in [2.75, 3.05) is 26.2 Å². The van der Waals surface area contributed by atoms with Crippen LogP contribution in [0.5, 0.6) is 0 Å². The third kappa shape index (κ3) is 5.45. The summed E-state index contributed by atoms with van der Waals surface area (Å²) in [5.41, 5.74) is 3.63. The number of hydrogen-bond donors (Lipinski definition) is 0. The molecule has 0 aliphatic carbocycles. The van der Waals surface area contributed by atoms with Crippen molar-refractivity contribution in [3.63, 3.8) is 0 Å². The Bertz CT molecular complexity index is 809. The minimum absolute atomic E-state index is 0.0627. The first kappa shape index (κ1) is 22.4. The van der Waals surface area contributed by atoms with Crippen molar-refractivity contribution in [1.82, 2.24) is 9.80 Å². The molecule has 0 bridgehead atoms. The topological polar surface area (TPSA) is 23.6 Å². The molecule has 5 heteroatoms. The number of benzene rings is 2. The van der Waals surface area contributed by atoms with Gasteiger partial charge in [0.2, 0.25) is 6.41 Å². The highest BCUT2D eigenvalue weighted by Gasteiger charge is 2.26. The van der Waals surface area contributed by atoms with Gasteiger partial charge in [-0.25, -0.2) is 8.78 Å². The molecule has 3 rings (SSSR count). The molecule has 1 aliphatic heterocycles. The summed E-state index contributed by atoms with van der Waals surface area (Å²) in [7, 11) is 0. The van der Waals surface area contributed by atoms with Crippen molar-refractivity contribution in [2.45, 2.75) is 52.0 Å². The molecule has 0 spiro atoms. The van der Waals surface area contributed by atoms with E-state index < -0.39 is 11.6 Å². The van der Waals surface area contributed by atoms with E-state index in [-0.39, 0.29) is 18.0 Å². The van der Waals surface area contributed by atoms with Crippen molar-refractivity contribution in [2.24, 2.45) is 0 Å². The minimum Gasteiger partial charge on any atom is -0.337 e. The quantitative estimate of drug-likeness (QED) is 0.527. The number of amides is 1. The monoisotopic (exact) mass is 414 g/mol. The zero-order valence-corrected chi connectivity index (χ0v) is 18.0. The molecule has 1 amide bonds. The first-order valence-corrected chi connectivity index (χ1v) is 10.9. The van der Waals surface area contributed by atoms with Crippen LogP contribution in [0.15, 0.2) is 36.4 Å². The first-order chi connectivity index (χ1) is 14.5. The Hall–Kier alpha value is -2.27. The molecule has 0 N–H and O–H groups in total. The number of aryl methyl sites for hydroxylation is 2. The second kappa shape index (κ2) is 10.7. The lowest BCUT2D eigenvalue weighted by molar-refractivity contribution is -0.121. The van der Waals surface area contributed by atoms with Gasteiger partial charge in [-0.15, -0.1) is 0 Å². The predicted octanol–water partition coefficient (Wildman–Crippen LogP) is 5.20. The number of likely N-dealkylation sites (tertiary alicyclic amines) is 1. The SMILES string of the molecule is Cc1cccc(C)c1C(CN1CCCCC1)N(C=O)CCCc1c(F)cccc1F. The summed E-state index contributed by atoms with van der Waals surface area (Å²) in [6, 6.07) is 10.1. The molecular formula is C25H32F2N2O. The Morgan fingerprint density at radius 2 is 1.60 bits per heavy atom. The van der Waals surface area contributed by atoms with E-state index in [1.807, 2.05) is 11.0 Å². The number of halogens is 2. The average molecular weight is 415 g/mol. The third-order valence-electron chi connectivity index (χ3n) is 6.20. The second-order valence-corrected chi connectivity index (χ2v) is 8.33. The molecule has 3 nitrogen and oxygen atoms in total. The van der Waals surface area contributed by atoms with Gasteiger partial charge in [-0.1, -0.05) is 30.7 Å². The smallest absolute Gasteiger partial charge is 0.210 e. The van der Waals surface area contributed by atoms with Crippen molar-refractivity contribution in [3.05, 3.63) is 70.3 Å². The largest absolute Gasteiger partial charge is 0.337 e. The summed E-state index contributed by atoms with van der Waals surface area (Å²) in [6.07, 6.45) is 5.32. The molecule has 2 aromatic carbocycles. The van der Waals surface area contributed by atoms with Gasteiger partial charge in [-0.3, -0.25) is 4.79 Å². The Kier molecular flexibility index (Phi) is 7.97. The van der Waals surface area contributed by atoms with Crippen LogP contribution in [0.25, 0.3) is 0 Å². The van der Waals surface area contributed by atoms with E-state index in [0.29, 0.717) is 13.0 Å². The van der Waals surface area contributed by atoms with Crippen LogP contribution in [0.3, 0.4) is 0 Å². The predicted molar refractivity (Wildman–Crippen MR) is 116 cm³/mol. The number of carbonyl (C=O) groups is 1. The summed E-state index contributed by atoms with van der Waals surface area (Å²) in [5.74, 6) is -1.04. The van der Waals surface area contributed by atoms with E-state index in [1.54, 1.807) is 0 Å². The van der Waals surface area contributed by atoms with Crippen molar-refractivity contribution in [3.8, 4) is 0 Å². The van der Waals surface area contributed by atoms with Gasteiger partial charge in [0.05, 0.1) is 6.04 Å². The van der Waals surface area contributed by atoms with Gasteiger partial charge < -0.3 is 9.80 Å². The molecule has 0 aromatic heterocycles. The van der Waals surface area contributed by atoms with Crippen LogP contribution in [0.1, 0.15) is 54.0 Å². The lowest BCUT2D eigenvalue weighted by atomic mass is 9.94. The van der Waals surface area contributed by atoms with E-state index in [2.05, 4.69) is 30.9 Å². The minimum atomic E-state index is -0.521. The average Bonchev–Trinajstić information content (AvgIpc) is 2.73. The molecular weight excluding hydrogens is 382 g/mol. The Morgan fingerprint density at radius 3 is 2.20 bits per heavy atom. The molecule has 2 aromatic rings. The molecule has 162 valence electrons. The molecule has 0 radical (unpaired) electrons. The normalized spacial score (nSPS) is 15.7. The number of hydrogen-bond acceptors (Lipinski definition) is 2. The third-order valence-corrected chi connectivity index (χ3v) is 6.20. The maximum Gasteiger partial charge on any atom is 0.210 e. The summed E-state index contributed by atoms with van der Waals surface area (Å²) in [5, 5.41) is 0. The van der Waals surface area contributed by atoms with E-state index in [0.717, 1.165) is 26.0 Å². The van der Waals surface area contributed by atoms with Crippen molar-refractivity contribution < 1.29 is 13.6 Å². The second-order valence-electron chi connectivity index (χ2n) is 8.33. The van der Waals surface area contributed by atoms with Gasteiger partial charge in [0.1, 0.15) is 11.6 Å². The van der Waals surface area contributed by atoms with Crippen LogP contribution in [0.4, 0.5) is 8.78 Å². The number of rotatable bonds is 9. The van der Waals surface area contributed by atoms with E-state index >= 15 is 0 Å². The van der Waals surface area contributed by atoms with Gasteiger partial charge in [-0.05, 0) is 81.4 Å². The Balaban J connectivity index is 1.78. The lowest BCUT2D eigenvalue weighted by Crippen LogP contribution is -2.41. The highest BCUT2D eigenvalue weighted by molar-refractivity contribution is 5.50. The van der Waals surface area contributed by atoms with Crippen molar-refractivity contribution in [1.29, 1.82) is 0 Å². The lowest BCUT2D eigenvalue weighted by Gasteiger charge is -2.37. The van der Waals surface area contributed by atoms with Gasteiger partial charge in [0.15, 0.2) is 0 Å². The van der Waals surface area contributed by atoms with Crippen LogP contribution in [-0.2, 0) is 11.2 Å². The number of piperidine rings is 1. The molecule has 1 fully saturated rings. The number of carbonyl (C=O) groups excluding carboxylic acids is 1. The van der Waals surface area contributed by atoms with Crippen LogP contribution in [0, 0.1) is 25.5 Å². The highest BCUT2D eigenvalue weighted by Crippen LogP contribution is 2.29. The van der Waals surface area contributed by atoms with Gasteiger partial charge in [0.25, 0.3) is 0 Å². The number of nitrogens with zero attached hydrogens (tertiary/aromatic N) is 2. The molecule has 0 saturated carbocycles. The molecule has 1 atom stereocenters. The molecule has 1 unspecified atom stereocenters. The zero-order valence-electron chi connectivity index (χ0n) is 18.0. The summed E-state index contributed by atoms with van der Waals surface area (Å²) in [4.78, 5) is 16.4. The Morgan fingerprint density at radius 1 is 1.00 bits per heavy atom. The van der Waals surface area contributed by atoms with E-state index in [4.69, 9.17) is 0 Å². The van der Waals surface area contributed by atoms with Gasteiger partial charge in [-0.2, -0.15) is 0 Å². The standard InChI is InChI=1S/C25H32F2N2O/c1-19-9-6-10-20(2)25(19)24(17-28-14-4-3-5-15-28)29(18-30)16-8-11-21-22(26)12-7-13-23(21)27/h6-7,9-10,12-13,18,24H,3-5,8,11,14-17H2,1-2H3. The molecule has 1 heterocycles. The maximum atomic E-state index is 14.0. The maximum absolute atomic E-state index is 14.0. The summed E-state index contributed by atoms with van der Waals surface area (Å²) < 4.78 is 27.9. The molecule has 1 saturated heterocycles. The Labute approximate surface area is 178 Å². The van der Waals surface area contributed by atoms with Crippen LogP contribution < -0.4 is 0 Å². The fourth-order valence-corrected chi connectivity index (χ4v) is 4.59. The van der Waals surface area contributed by atoms with Crippen molar-refractivity contribution >= 4 is 6.41 Å². The van der Waals surface area contributed by atoms with Gasteiger partial charge >= 0.3 is 0 Å². The van der Waals surface area contributed by atoms with Crippen LogP contribution in [-0.4, -0.2) is 42.4 Å². The highest BCUT2D eigenvalue weighted by atomic mass is 19.1. The van der Waals surface area contributed by atoms with Gasteiger partial charge in [0, 0.05) is 18.7 Å². The first-order valence-electron chi connectivity index (χ1n) is 10.9. The van der Waals surface area contributed by atoms with E-state index in [9.17, 15) is 13.6 Å². The zero-order chi connectivity index (χ0) is 21.5. The van der Waals surface area contributed by atoms with E-state index in [1.165, 1.54) is 54.2 Å². The summed E-state index contributed by atoms with van der Waals surface area (Å²) in [6.45, 7) is 7.53. The van der Waals surface area contributed by atoms with Crippen LogP contribution in [0.2, 0.25) is 0 Å². The summed E-state index contributed by atoms with van der Waals surface area (Å²) >= 11 is 0. The van der Waals surface area contributed by atoms with Crippen LogP contribution >= 0.6 is 0 Å². The fraction of sp³-hybridized carbons (Fsp3) is 0.480. The molecule has 1 aliphatic rings. The fourth-order valence-electron chi connectivity index (χ4n) is 4.59.